The van der Waals surface area contributed by atoms with E-state index in [-0.39, 0.29) is 0 Å². The van der Waals surface area contributed by atoms with Crippen LogP contribution in [0.5, 0.6) is 0 Å². The van der Waals surface area contributed by atoms with Crippen LogP contribution in [0, 0.1) is 12.8 Å². The number of nitrogens with zero attached hydrogens (tertiary/aromatic N) is 5. The number of aromatic nitrogens is 3. The van der Waals surface area contributed by atoms with E-state index in [1.54, 1.807) is 22.9 Å². The van der Waals surface area contributed by atoms with Gasteiger partial charge in [0.05, 0.1) is 11.2 Å². The minimum absolute atomic E-state index is 0.409. The first-order valence-corrected chi connectivity index (χ1v) is 9.84. The average Bonchev–Trinajstić information content (AvgIpc) is 3.20. The van der Waals surface area contributed by atoms with Crippen molar-refractivity contribution in [2.24, 2.45) is 5.92 Å². The maximum atomic E-state index is 4.69. The SMILES string of the molecule is Cc1ncsc1CN(C)CC1CCN(c2nc(C(C)C)ns2)C1. The Morgan fingerprint density at radius 2 is 2.26 bits per heavy atom. The molecule has 1 unspecified atom stereocenters. The maximum Gasteiger partial charge on any atom is 0.205 e. The van der Waals surface area contributed by atoms with Crippen molar-refractivity contribution >= 4 is 28.0 Å². The Bertz CT molecular complexity index is 636. The molecule has 0 N–H and O–H groups in total. The second-order valence-corrected chi connectivity index (χ2v) is 8.42. The molecule has 0 bridgehead atoms. The minimum Gasteiger partial charge on any atom is -0.347 e. The molecule has 1 aliphatic heterocycles. The molecular formula is C16H25N5S2. The summed E-state index contributed by atoms with van der Waals surface area (Å²) < 4.78 is 4.48. The molecular weight excluding hydrogens is 326 g/mol. The van der Waals surface area contributed by atoms with Gasteiger partial charge in [0, 0.05) is 48.5 Å². The zero-order chi connectivity index (χ0) is 16.4. The lowest BCUT2D eigenvalue weighted by atomic mass is 10.1. The third kappa shape index (κ3) is 4.08. The summed E-state index contributed by atoms with van der Waals surface area (Å²) in [5.41, 5.74) is 3.11. The van der Waals surface area contributed by atoms with Crippen LogP contribution in [0.3, 0.4) is 0 Å². The van der Waals surface area contributed by atoms with E-state index in [0.717, 1.165) is 37.1 Å². The van der Waals surface area contributed by atoms with Crippen LogP contribution < -0.4 is 4.90 Å². The zero-order valence-electron chi connectivity index (χ0n) is 14.3. The monoisotopic (exact) mass is 351 g/mol. The molecule has 0 aromatic carbocycles. The fourth-order valence-electron chi connectivity index (χ4n) is 2.97. The first-order chi connectivity index (χ1) is 11.0. The van der Waals surface area contributed by atoms with Crippen molar-refractivity contribution in [3.8, 4) is 0 Å². The summed E-state index contributed by atoms with van der Waals surface area (Å²) in [5.74, 6) is 2.10. The summed E-state index contributed by atoms with van der Waals surface area (Å²) in [7, 11) is 2.21. The molecule has 1 saturated heterocycles. The second kappa shape index (κ2) is 7.23. The van der Waals surface area contributed by atoms with Crippen LogP contribution >= 0.6 is 22.9 Å². The zero-order valence-corrected chi connectivity index (χ0v) is 16.0. The highest BCUT2D eigenvalue weighted by molar-refractivity contribution is 7.10. The summed E-state index contributed by atoms with van der Waals surface area (Å²) in [6.07, 6.45) is 1.24. The van der Waals surface area contributed by atoms with Gasteiger partial charge in [0.25, 0.3) is 0 Å². The van der Waals surface area contributed by atoms with E-state index in [9.17, 15) is 0 Å². The highest BCUT2D eigenvalue weighted by Gasteiger charge is 2.26. The van der Waals surface area contributed by atoms with Crippen molar-refractivity contribution in [3.05, 3.63) is 21.9 Å². The maximum absolute atomic E-state index is 4.69. The summed E-state index contributed by atoms with van der Waals surface area (Å²) in [5, 5.41) is 1.09. The number of rotatable bonds is 6. The fraction of sp³-hybridized carbons (Fsp3) is 0.688. The highest BCUT2D eigenvalue weighted by atomic mass is 32.1. The minimum atomic E-state index is 0.409. The quantitative estimate of drug-likeness (QED) is 0.798. The summed E-state index contributed by atoms with van der Waals surface area (Å²) in [6, 6.07) is 0. The highest BCUT2D eigenvalue weighted by Crippen LogP contribution is 2.27. The van der Waals surface area contributed by atoms with Crippen LogP contribution in [0.2, 0.25) is 0 Å². The number of hydrogen-bond donors (Lipinski definition) is 0. The predicted molar refractivity (Wildman–Crippen MR) is 97.5 cm³/mol. The van der Waals surface area contributed by atoms with Gasteiger partial charge in [0.15, 0.2) is 0 Å². The molecule has 0 amide bonds. The molecule has 23 heavy (non-hydrogen) atoms. The topological polar surface area (TPSA) is 45.2 Å². The number of anilines is 1. The van der Waals surface area contributed by atoms with Crippen molar-refractivity contribution in [1.82, 2.24) is 19.2 Å². The molecule has 0 aliphatic carbocycles. The average molecular weight is 352 g/mol. The van der Waals surface area contributed by atoms with E-state index in [1.807, 2.05) is 5.51 Å². The van der Waals surface area contributed by atoms with Gasteiger partial charge in [0.2, 0.25) is 5.13 Å². The van der Waals surface area contributed by atoms with Crippen molar-refractivity contribution in [2.75, 3.05) is 31.6 Å². The molecule has 5 nitrogen and oxygen atoms in total. The van der Waals surface area contributed by atoms with Gasteiger partial charge >= 0.3 is 0 Å². The van der Waals surface area contributed by atoms with Crippen LogP contribution in [-0.4, -0.2) is 45.9 Å². The summed E-state index contributed by atoms with van der Waals surface area (Å²) in [4.78, 5) is 15.2. The first kappa shape index (κ1) is 16.8. The molecule has 3 heterocycles. The van der Waals surface area contributed by atoms with E-state index in [2.05, 4.69) is 47.0 Å². The lowest BCUT2D eigenvalue weighted by molar-refractivity contribution is 0.281. The van der Waals surface area contributed by atoms with E-state index >= 15 is 0 Å². The van der Waals surface area contributed by atoms with E-state index in [1.165, 1.54) is 17.0 Å². The van der Waals surface area contributed by atoms with Crippen molar-refractivity contribution in [2.45, 2.75) is 39.7 Å². The molecule has 3 rings (SSSR count). The van der Waals surface area contributed by atoms with Gasteiger partial charge in [-0.1, -0.05) is 13.8 Å². The molecule has 2 aromatic heterocycles. The van der Waals surface area contributed by atoms with Crippen LogP contribution in [0.4, 0.5) is 5.13 Å². The third-order valence-corrected chi connectivity index (χ3v) is 6.04. The Morgan fingerprint density at radius 3 is 2.91 bits per heavy atom. The van der Waals surface area contributed by atoms with Gasteiger partial charge in [-0.25, -0.2) is 9.97 Å². The predicted octanol–water partition coefficient (Wildman–Crippen LogP) is 3.38. The van der Waals surface area contributed by atoms with Crippen LogP contribution in [-0.2, 0) is 6.54 Å². The van der Waals surface area contributed by atoms with E-state index < -0.39 is 0 Å². The Kier molecular flexibility index (Phi) is 5.28. The van der Waals surface area contributed by atoms with Gasteiger partial charge in [0.1, 0.15) is 5.82 Å². The number of aryl methyl sites for hydroxylation is 1. The second-order valence-electron chi connectivity index (χ2n) is 6.75. The first-order valence-electron chi connectivity index (χ1n) is 8.19. The molecule has 7 heteroatoms. The van der Waals surface area contributed by atoms with Crippen molar-refractivity contribution in [3.63, 3.8) is 0 Å². The lowest BCUT2D eigenvalue weighted by Crippen LogP contribution is -2.28. The summed E-state index contributed by atoms with van der Waals surface area (Å²) in [6.45, 7) is 10.7. The molecule has 0 spiro atoms. The molecule has 1 atom stereocenters. The van der Waals surface area contributed by atoms with Gasteiger partial charge < -0.3 is 9.80 Å². The van der Waals surface area contributed by atoms with Crippen molar-refractivity contribution in [1.29, 1.82) is 0 Å². The molecule has 0 saturated carbocycles. The van der Waals surface area contributed by atoms with Gasteiger partial charge in [-0.2, -0.15) is 4.37 Å². The van der Waals surface area contributed by atoms with Gasteiger partial charge in [-0.3, -0.25) is 0 Å². The van der Waals surface area contributed by atoms with Crippen LogP contribution in [0.25, 0.3) is 0 Å². The normalized spacial score (nSPS) is 18.5. The Hall–Kier alpha value is -1.05. The molecule has 2 aromatic rings. The largest absolute Gasteiger partial charge is 0.347 e. The number of thiazole rings is 1. The molecule has 1 fully saturated rings. The standard InChI is InChI=1S/C16H25N5S2/c1-11(2)15-18-16(23-19-15)21-6-5-13(8-21)7-20(4)9-14-12(3)17-10-22-14/h10-11,13H,5-9H2,1-4H3. The molecule has 1 aliphatic rings. The van der Waals surface area contributed by atoms with E-state index in [0.29, 0.717) is 11.8 Å². The summed E-state index contributed by atoms with van der Waals surface area (Å²) >= 11 is 3.31. The Labute approximate surface area is 146 Å². The Morgan fingerprint density at radius 1 is 1.43 bits per heavy atom. The smallest absolute Gasteiger partial charge is 0.205 e. The van der Waals surface area contributed by atoms with Crippen LogP contribution in [0.1, 0.15) is 42.6 Å². The lowest BCUT2D eigenvalue weighted by Gasteiger charge is -2.21. The van der Waals surface area contributed by atoms with Gasteiger partial charge in [-0.05, 0) is 26.3 Å². The fourth-order valence-corrected chi connectivity index (χ4v) is 4.67. The molecule has 126 valence electrons. The van der Waals surface area contributed by atoms with Crippen LogP contribution in [0.15, 0.2) is 5.51 Å². The number of hydrogen-bond acceptors (Lipinski definition) is 7. The third-order valence-electron chi connectivity index (χ3n) is 4.33. The van der Waals surface area contributed by atoms with Gasteiger partial charge in [-0.15, -0.1) is 11.3 Å². The van der Waals surface area contributed by atoms with Crippen molar-refractivity contribution < 1.29 is 0 Å². The van der Waals surface area contributed by atoms with E-state index in [4.69, 9.17) is 4.98 Å². The molecule has 0 radical (unpaired) electrons. The Balaban J connectivity index is 1.52.